The Labute approximate surface area is 190 Å². The van der Waals surface area contributed by atoms with Crippen LogP contribution < -0.4 is 9.05 Å². The van der Waals surface area contributed by atoms with E-state index in [0.717, 1.165) is 17.1 Å². The molecule has 0 aliphatic heterocycles. The fourth-order valence-corrected chi connectivity index (χ4v) is 4.14. The lowest BCUT2D eigenvalue weighted by molar-refractivity contribution is 0.483. The molecule has 5 heteroatoms. The van der Waals surface area contributed by atoms with Gasteiger partial charge in [0.1, 0.15) is 11.5 Å². The summed E-state index contributed by atoms with van der Waals surface area (Å²) in [5.41, 5.74) is 4.93. The van der Waals surface area contributed by atoms with Crippen LogP contribution in [0.2, 0.25) is 0 Å². The van der Waals surface area contributed by atoms with Crippen molar-refractivity contribution < 1.29 is 13.4 Å². The highest BCUT2D eigenvalue weighted by atomic mass is 31.2. The molecule has 0 saturated heterocycles. The molecule has 0 radical (unpaired) electrons. The molecular weight excluding hydrogens is 422 g/mol. The van der Waals surface area contributed by atoms with Gasteiger partial charge in [0, 0.05) is 5.56 Å². The summed E-state index contributed by atoms with van der Waals surface area (Å²) in [6.07, 6.45) is 0. The van der Waals surface area contributed by atoms with Crippen LogP contribution in [-0.4, -0.2) is 0 Å². The molecule has 0 saturated carbocycles. The molecule has 31 heavy (non-hydrogen) atoms. The maximum Gasteiger partial charge on any atom is 0.221 e. The van der Waals surface area contributed by atoms with E-state index in [-0.39, 0.29) is 28.9 Å². The summed E-state index contributed by atoms with van der Waals surface area (Å²) in [6, 6.07) is 24.8. The lowest BCUT2D eigenvalue weighted by Gasteiger charge is -2.27. The average molecular weight is 454 g/mol. The molecule has 0 amide bonds. The van der Waals surface area contributed by atoms with Crippen LogP contribution in [0.1, 0.15) is 52.7 Å². The largest absolute Gasteiger partial charge is 0.449 e. The smallest absolute Gasteiger partial charge is 0.221 e. The first kappa shape index (κ1) is 23.7. The Morgan fingerprint density at radius 2 is 1.23 bits per heavy atom. The van der Waals surface area contributed by atoms with Crippen molar-refractivity contribution in [3.63, 3.8) is 0 Å². The molecule has 0 heterocycles. The minimum absolute atomic E-state index is 0.0135. The minimum Gasteiger partial charge on any atom is -0.449 e. The Morgan fingerprint density at radius 1 is 0.613 bits per heavy atom. The summed E-state index contributed by atoms with van der Waals surface area (Å²) in [7, 11) is -0.233. The fraction of sp³-hybridized carbons (Fsp3) is 0.308. The van der Waals surface area contributed by atoms with E-state index < -0.39 is 0 Å². The summed E-state index contributed by atoms with van der Waals surface area (Å²) < 4.78 is 17.3. The molecule has 2 atom stereocenters. The van der Waals surface area contributed by atoms with Gasteiger partial charge in [-0.15, -0.1) is 0 Å². The van der Waals surface area contributed by atoms with Crippen LogP contribution in [0.4, 0.5) is 0 Å². The van der Waals surface area contributed by atoms with Crippen molar-refractivity contribution in [2.45, 2.75) is 52.4 Å². The van der Waals surface area contributed by atoms with Crippen molar-refractivity contribution in [3.8, 4) is 22.6 Å². The van der Waals surface area contributed by atoms with E-state index in [9.17, 15) is 0 Å². The number of benzene rings is 3. The van der Waals surface area contributed by atoms with E-state index in [1.807, 2.05) is 30.3 Å². The van der Waals surface area contributed by atoms with E-state index >= 15 is 0 Å². The summed E-state index contributed by atoms with van der Waals surface area (Å²) in [4.78, 5) is 0. The summed E-state index contributed by atoms with van der Waals surface area (Å²) in [6.45, 7) is 13.3. The molecule has 3 aromatic carbocycles. The SMILES string of the molecule is CC(C)(C)c1ccc(OPOPOc2ccc(-c3ccccc3)cc2)c(C(C)(C)C)c1. The second-order valence-corrected chi connectivity index (χ2v) is 11.1. The Balaban J connectivity index is 1.53. The molecule has 2 unspecified atom stereocenters. The third kappa shape index (κ3) is 6.78. The summed E-state index contributed by atoms with van der Waals surface area (Å²) >= 11 is 0. The molecule has 0 bridgehead atoms. The molecule has 0 fully saturated rings. The zero-order chi connectivity index (χ0) is 22.5. The minimum atomic E-state index is -0.117. The van der Waals surface area contributed by atoms with Crippen LogP contribution >= 0.6 is 18.1 Å². The standard InChI is InChI=1S/C26H32O3P2/c1-25(2,3)21-14-17-24(23(18-21)26(4,5)6)28-31-29-30-27-22-15-12-20(13-16-22)19-10-8-7-9-11-19/h7-18,30-31H,1-6H3. The van der Waals surface area contributed by atoms with Crippen molar-refractivity contribution in [2.75, 3.05) is 0 Å². The topological polar surface area (TPSA) is 27.7 Å². The van der Waals surface area contributed by atoms with Crippen molar-refractivity contribution >= 4 is 18.1 Å². The molecule has 3 nitrogen and oxygen atoms in total. The predicted molar refractivity (Wildman–Crippen MR) is 135 cm³/mol. The van der Waals surface area contributed by atoms with Gasteiger partial charge in [-0.2, -0.15) is 0 Å². The molecule has 0 aliphatic carbocycles. The molecule has 164 valence electrons. The molecule has 0 N–H and O–H groups in total. The van der Waals surface area contributed by atoms with Crippen molar-refractivity contribution in [2.24, 2.45) is 0 Å². The number of rotatable bonds is 7. The van der Waals surface area contributed by atoms with Gasteiger partial charge in [-0.05, 0) is 45.7 Å². The van der Waals surface area contributed by atoms with E-state index in [2.05, 4.69) is 84.0 Å². The molecule has 3 aromatic rings. The van der Waals surface area contributed by atoms with Gasteiger partial charge in [-0.25, -0.2) is 0 Å². The maximum absolute atomic E-state index is 5.98. The molecule has 3 rings (SSSR count). The van der Waals surface area contributed by atoms with Crippen LogP contribution in [-0.2, 0) is 15.1 Å². The molecule has 0 spiro atoms. The van der Waals surface area contributed by atoms with Gasteiger partial charge in [0.2, 0.25) is 18.1 Å². The van der Waals surface area contributed by atoms with E-state index in [1.165, 1.54) is 16.7 Å². The van der Waals surface area contributed by atoms with Gasteiger partial charge in [0.25, 0.3) is 0 Å². The second-order valence-electron chi connectivity index (χ2n) is 9.57. The predicted octanol–water partition coefficient (Wildman–Crippen LogP) is 8.44. The summed E-state index contributed by atoms with van der Waals surface area (Å²) in [5, 5.41) is 0. The lowest BCUT2D eigenvalue weighted by Crippen LogP contribution is -2.16. The van der Waals surface area contributed by atoms with Crippen molar-refractivity contribution in [1.29, 1.82) is 0 Å². The quantitative estimate of drug-likeness (QED) is 0.265. The van der Waals surface area contributed by atoms with Crippen LogP contribution in [0.15, 0.2) is 72.8 Å². The van der Waals surface area contributed by atoms with Gasteiger partial charge in [-0.3, -0.25) is 4.31 Å². The summed E-state index contributed by atoms with van der Waals surface area (Å²) in [5.74, 6) is 1.66. The van der Waals surface area contributed by atoms with Crippen molar-refractivity contribution in [3.05, 3.63) is 83.9 Å². The molecule has 0 aromatic heterocycles. The van der Waals surface area contributed by atoms with Gasteiger partial charge < -0.3 is 9.05 Å². The normalized spacial score (nSPS) is 12.7. The lowest BCUT2D eigenvalue weighted by atomic mass is 9.80. The van der Waals surface area contributed by atoms with Crippen LogP contribution in [0.3, 0.4) is 0 Å². The van der Waals surface area contributed by atoms with Gasteiger partial charge >= 0.3 is 0 Å². The maximum atomic E-state index is 5.98. The zero-order valence-electron chi connectivity index (χ0n) is 19.2. The first-order chi connectivity index (χ1) is 14.6. The third-order valence-corrected chi connectivity index (χ3v) is 6.30. The van der Waals surface area contributed by atoms with E-state index in [1.54, 1.807) is 0 Å². The Bertz CT molecular complexity index is 972. The van der Waals surface area contributed by atoms with Gasteiger partial charge in [0.15, 0.2) is 0 Å². The van der Waals surface area contributed by atoms with Crippen LogP contribution in [0.5, 0.6) is 11.5 Å². The first-order valence-electron chi connectivity index (χ1n) is 10.4. The van der Waals surface area contributed by atoms with Crippen LogP contribution in [0.25, 0.3) is 11.1 Å². The number of hydrogen-bond donors (Lipinski definition) is 0. The van der Waals surface area contributed by atoms with E-state index in [0.29, 0.717) is 0 Å². The third-order valence-electron chi connectivity index (χ3n) is 5.01. The molecular formula is C26H32O3P2. The van der Waals surface area contributed by atoms with Crippen LogP contribution in [0, 0.1) is 0 Å². The zero-order valence-corrected chi connectivity index (χ0v) is 21.2. The highest BCUT2D eigenvalue weighted by molar-refractivity contribution is 7.41. The fourth-order valence-electron chi connectivity index (χ4n) is 3.17. The highest BCUT2D eigenvalue weighted by Gasteiger charge is 2.23. The van der Waals surface area contributed by atoms with Crippen molar-refractivity contribution in [1.82, 2.24) is 0 Å². The average Bonchev–Trinajstić information content (AvgIpc) is 2.73. The van der Waals surface area contributed by atoms with E-state index in [4.69, 9.17) is 13.4 Å². The number of hydrogen-bond acceptors (Lipinski definition) is 3. The monoisotopic (exact) mass is 454 g/mol. The van der Waals surface area contributed by atoms with Gasteiger partial charge in [0.05, 0.1) is 0 Å². The Morgan fingerprint density at radius 3 is 1.84 bits per heavy atom. The molecule has 0 aliphatic rings. The Hall–Kier alpha value is -1.92. The highest BCUT2D eigenvalue weighted by Crippen LogP contribution is 2.39. The Kier molecular flexibility index (Phi) is 7.76. The second kappa shape index (κ2) is 10.1. The first-order valence-corrected chi connectivity index (χ1v) is 12.1. The van der Waals surface area contributed by atoms with Gasteiger partial charge in [-0.1, -0.05) is 96.1 Å².